The van der Waals surface area contributed by atoms with Crippen molar-refractivity contribution < 1.29 is 44.8 Å². The minimum absolute atomic E-state index is 0.225. The van der Waals surface area contributed by atoms with Crippen molar-refractivity contribution in [2.45, 2.75) is 31.2 Å². The van der Waals surface area contributed by atoms with Gasteiger partial charge < -0.3 is 9.47 Å². The Morgan fingerprint density at radius 1 is 0.833 bits per heavy atom. The minimum Gasteiger partial charge on any atom is -0.461 e. The van der Waals surface area contributed by atoms with Crippen molar-refractivity contribution in [2.24, 2.45) is 0 Å². The van der Waals surface area contributed by atoms with Crippen molar-refractivity contribution in [3.8, 4) is 0 Å². The van der Waals surface area contributed by atoms with Crippen molar-refractivity contribution in [1.82, 2.24) is 0 Å². The highest BCUT2D eigenvalue weighted by Crippen LogP contribution is 2.27. The van der Waals surface area contributed by atoms with Gasteiger partial charge >= 0.3 is 27.6 Å². The van der Waals surface area contributed by atoms with Gasteiger partial charge in [-0.3, -0.25) is 4.79 Å². The van der Waals surface area contributed by atoms with Crippen LogP contribution in [0.4, 0.5) is 13.2 Å². The average molecular weight is 446 g/mol. The van der Waals surface area contributed by atoms with Crippen LogP contribution in [0, 0.1) is 0 Å². The molecule has 0 amide bonds. The SMILES string of the molecule is O=C(CC(OS(=O)(=O)C(F)(F)F)C(=O)OCc1ccccc1)OCc1ccccc1. The predicted molar refractivity (Wildman–Crippen MR) is 96.9 cm³/mol. The second-order valence-corrected chi connectivity index (χ2v) is 7.49. The molecule has 1 unspecified atom stereocenters. The zero-order chi connectivity index (χ0) is 22.2. The second-order valence-electron chi connectivity index (χ2n) is 5.93. The van der Waals surface area contributed by atoms with E-state index in [1.165, 1.54) is 0 Å². The Morgan fingerprint density at radius 2 is 1.30 bits per heavy atom. The fourth-order valence-electron chi connectivity index (χ4n) is 2.13. The van der Waals surface area contributed by atoms with E-state index in [9.17, 15) is 31.2 Å². The molecule has 2 aromatic carbocycles. The summed E-state index contributed by atoms with van der Waals surface area (Å²) in [5.74, 6) is -2.60. The summed E-state index contributed by atoms with van der Waals surface area (Å²) in [5, 5.41) is 0. The molecule has 0 radical (unpaired) electrons. The van der Waals surface area contributed by atoms with Crippen LogP contribution in [0.1, 0.15) is 17.5 Å². The lowest BCUT2D eigenvalue weighted by molar-refractivity contribution is -0.160. The number of hydrogen-bond donors (Lipinski definition) is 0. The Bertz CT molecular complexity index is 945. The van der Waals surface area contributed by atoms with Crippen LogP contribution in [-0.2, 0) is 46.6 Å². The Kier molecular flexibility index (Phi) is 7.95. The van der Waals surface area contributed by atoms with Crippen molar-refractivity contribution >= 4 is 22.1 Å². The van der Waals surface area contributed by atoms with Gasteiger partial charge in [-0.25, -0.2) is 8.98 Å². The van der Waals surface area contributed by atoms with Gasteiger partial charge in [0.25, 0.3) is 0 Å². The largest absolute Gasteiger partial charge is 0.523 e. The van der Waals surface area contributed by atoms with Gasteiger partial charge in [0, 0.05) is 0 Å². The van der Waals surface area contributed by atoms with Gasteiger partial charge in [-0.2, -0.15) is 21.6 Å². The van der Waals surface area contributed by atoms with Crippen molar-refractivity contribution in [2.75, 3.05) is 0 Å². The molecule has 0 aliphatic rings. The predicted octanol–water partition coefficient (Wildman–Crippen LogP) is 3.10. The van der Waals surface area contributed by atoms with Crippen LogP contribution in [0.2, 0.25) is 0 Å². The summed E-state index contributed by atoms with van der Waals surface area (Å²) in [5.41, 5.74) is -4.70. The molecule has 2 rings (SSSR count). The molecule has 0 aromatic heterocycles. The zero-order valence-corrected chi connectivity index (χ0v) is 16.2. The third-order valence-electron chi connectivity index (χ3n) is 3.61. The molecule has 0 aliphatic heterocycles. The summed E-state index contributed by atoms with van der Waals surface area (Å²) in [6.07, 6.45) is -3.45. The molecule has 1 atom stereocenters. The molecule has 0 heterocycles. The average Bonchev–Trinajstić information content (AvgIpc) is 2.70. The lowest BCUT2D eigenvalue weighted by atomic mass is 10.2. The molecule has 0 aliphatic carbocycles. The Morgan fingerprint density at radius 3 is 1.77 bits per heavy atom. The summed E-state index contributed by atoms with van der Waals surface area (Å²) < 4.78 is 74.1. The van der Waals surface area contributed by atoms with Gasteiger partial charge in [-0.05, 0) is 11.1 Å². The van der Waals surface area contributed by atoms with E-state index in [-0.39, 0.29) is 13.2 Å². The summed E-state index contributed by atoms with van der Waals surface area (Å²) in [7, 11) is -6.15. The van der Waals surface area contributed by atoms with E-state index in [1.54, 1.807) is 60.7 Å². The van der Waals surface area contributed by atoms with E-state index in [0.717, 1.165) is 0 Å². The third kappa shape index (κ3) is 7.16. The molecule has 30 heavy (non-hydrogen) atoms. The maximum atomic E-state index is 12.6. The molecule has 0 saturated carbocycles. The molecule has 162 valence electrons. The highest BCUT2D eigenvalue weighted by atomic mass is 32.2. The molecular weight excluding hydrogens is 429 g/mol. The van der Waals surface area contributed by atoms with Gasteiger partial charge in [0.05, 0.1) is 6.42 Å². The molecule has 2 aromatic rings. The summed E-state index contributed by atoms with van der Waals surface area (Å²) in [6, 6.07) is 16.4. The number of halogens is 3. The Hall–Kier alpha value is -2.92. The van der Waals surface area contributed by atoms with Gasteiger partial charge in [0.1, 0.15) is 13.2 Å². The van der Waals surface area contributed by atoms with Crippen LogP contribution in [0.3, 0.4) is 0 Å². The topological polar surface area (TPSA) is 96.0 Å². The minimum atomic E-state index is -6.15. The molecule has 0 saturated heterocycles. The van der Waals surface area contributed by atoms with Gasteiger partial charge in [0.2, 0.25) is 0 Å². The number of hydrogen-bond acceptors (Lipinski definition) is 7. The second kappa shape index (κ2) is 10.2. The number of alkyl halides is 3. The van der Waals surface area contributed by atoms with Gasteiger partial charge in [0.15, 0.2) is 6.10 Å². The zero-order valence-electron chi connectivity index (χ0n) is 15.4. The first kappa shape index (κ1) is 23.4. The van der Waals surface area contributed by atoms with Gasteiger partial charge in [-0.1, -0.05) is 60.7 Å². The third-order valence-corrected chi connectivity index (χ3v) is 4.66. The monoisotopic (exact) mass is 446 g/mol. The molecule has 7 nitrogen and oxygen atoms in total. The maximum Gasteiger partial charge on any atom is 0.523 e. The fourth-order valence-corrected chi connectivity index (χ4v) is 2.70. The molecule has 0 spiro atoms. The van der Waals surface area contributed by atoms with Crippen molar-refractivity contribution in [3.63, 3.8) is 0 Å². The number of carbonyl (C=O) groups excluding carboxylic acids is 2. The quantitative estimate of drug-likeness (QED) is 0.332. The van der Waals surface area contributed by atoms with Crippen molar-refractivity contribution in [3.05, 3.63) is 71.8 Å². The summed E-state index contributed by atoms with van der Waals surface area (Å²) >= 11 is 0. The normalized spacial score (nSPS) is 12.8. The van der Waals surface area contributed by atoms with Crippen LogP contribution in [0.5, 0.6) is 0 Å². The lowest BCUT2D eigenvalue weighted by Crippen LogP contribution is -2.36. The van der Waals surface area contributed by atoms with Crippen LogP contribution >= 0.6 is 0 Å². The summed E-state index contributed by atoms with van der Waals surface area (Å²) in [4.78, 5) is 24.1. The molecule has 0 bridgehead atoms. The smallest absolute Gasteiger partial charge is 0.461 e. The first-order valence-corrected chi connectivity index (χ1v) is 9.89. The van der Waals surface area contributed by atoms with E-state index >= 15 is 0 Å². The van der Waals surface area contributed by atoms with Crippen LogP contribution in [-0.4, -0.2) is 32.0 Å². The number of carbonyl (C=O) groups is 2. The first-order valence-electron chi connectivity index (χ1n) is 8.48. The van der Waals surface area contributed by atoms with Crippen LogP contribution in [0.15, 0.2) is 60.7 Å². The molecular formula is C19H17F3O7S. The van der Waals surface area contributed by atoms with E-state index < -0.39 is 40.1 Å². The number of ether oxygens (including phenoxy) is 2. The number of esters is 2. The highest BCUT2D eigenvalue weighted by molar-refractivity contribution is 7.87. The first-order chi connectivity index (χ1) is 14.1. The van der Waals surface area contributed by atoms with Gasteiger partial charge in [-0.15, -0.1) is 0 Å². The van der Waals surface area contributed by atoms with Crippen molar-refractivity contribution in [1.29, 1.82) is 0 Å². The van der Waals surface area contributed by atoms with E-state index in [1.807, 2.05) is 0 Å². The fraction of sp³-hybridized carbons (Fsp3) is 0.263. The van der Waals surface area contributed by atoms with E-state index in [4.69, 9.17) is 9.47 Å². The molecule has 0 fully saturated rings. The summed E-state index contributed by atoms with van der Waals surface area (Å²) in [6.45, 7) is -0.581. The lowest BCUT2D eigenvalue weighted by Gasteiger charge is -2.17. The number of rotatable bonds is 9. The Labute approximate surface area is 170 Å². The molecule has 0 N–H and O–H groups in total. The maximum absolute atomic E-state index is 12.6. The Balaban J connectivity index is 2.05. The van der Waals surface area contributed by atoms with Crippen LogP contribution < -0.4 is 0 Å². The highest BCUT2D eigenvalue weighted by Gasteiger charge is 2.50. The standard InChI is InChI=1S/C19H17F3O7S/c20-19(21,22)30(25,26)29-16(18(24)28-13-15-9-5-2-6-10-15)11-17(23)27-12-14-7-3-1-4-8-14/h1-10,16H,11-13H2. The molecule has 11 heteroatoms. The van der Waals surface area contributed by atoms with Crippen LogP contribution in [0.25, 0.3) is 0 Å². The van der Waals surface area contributed by atoms with E-state index in [2.05, 4.69) is 4.18 Å². The number of benzene rings is 2. The van der Waals surface area contributed by atoms with E-state index in [0.29, 0.717) is 11.1 Å².